The molecule has 168 valence electrons. The van der Waals surface area contributed by atoms with Crippen LogP contribution in [0.25, 0.3) is 11.1 Å². The van der Waals surface area contributed by atoms with Crippen LogP contribution in [0.15, 0.2) is 42.7 Å². The Balaban J connectivity index is 1.72. The van der Waals surface area contributed by atoms with E-state index < -0.39 is 17.7 Å². The smallest absolute Gasteiger partial charge is 0.412 e. The third-order valence-electron chi connectivity index (χ3n) is 4.61. The normalized spacial score (nSPS) is 11.3. The van der Waals surface area contributed by atoms with Gasteiger partial charge in [-0.3, -0.25) is 10.1 Å². The van der Waals surface area contributed by atoms with Gasteiger partial charge >= 0.3 is 12.1 Å². The quantitative estimate of drug-likeness (QED) is 0.564. The third kappa shape index (κ3) is 5.42. The van der Waals surface area contributed by atoms with Gasteiger partial charge in [0.25, 0.3) is 0 Å². The van der Waals surface area contributed by atoms with Gasteiger partial charge in [0, 0.05) is 37.7 Å². The number of aryl methyl sites for hydroxylation is 2. The average molecular weight is 438 g/mol. The van der Waals surface area contributed by atoms with Crippen molar-refractivity contribution in [1.82, 2.24) is 14.1 Å². The van der Waals surface area contributed by atoms with Crippen molar-refractivity contribution < 1.29 is 24.2 Å². The van der Waals surface area contributed by atoms with E-state index in [-0.39, 0.29) is 18.0 Å². The van der Waals surface area contributed by atoms with Crippen LogP contribution in [0, 0.1) is 0 Å². The number of hydrogen-bond acceptors (Lipinski definition) is 5. The van der Waals surface area contributed by atoms with Crippen LogP contribution >= 0.6 is 0 Å². The first-order chi connectivity index (χ1) is 14.9. The SMILES string of the molecule is Cn1cc(-c2ccc(NC(=O)OC(C)(C)C)cc2)cc1C(=O)Cc1cn(C)c(C(=O)O)n1. The maximum atomic E-state index is 12.8. The lowest BCUT2D eigenvalue weighted by Crippen LogP contribution is -2.27. The van der Waals surface area contributed by atoms with Crippen LogP contribution in [0.1, 0.15) is 47.6 Å². The first-order valence-electron chi connectivity index (χ1n) is 9.98. The summed E-state index contributed by atoms with van der Waals surface area (Å²) in [6.45, 7) is 5.38. The number of ketones is 1. The Hall–Kier alpha value is -3.88. The fourth-order valence-electron chi connectivity index (χ4n) is 3.23. The number of carboxylic acids is 1. The molecule has 9 nitrogen and oxygen atoms in total. The van der Waals surface area contributed by atoms with Gasteiger partial charge in [-0.25, -0.2) is 14.6 Å². The summed E-state index contributed by atoms with van der Waals surface area (Å²) >= 11 is 0. The molecule has 1 aromatic carbocycles. The Bertz CT molecular complexity index is 1170. The van der Waals surface area contributed by atoms with Gasteiger partial charge in [-0.05, 0) is 44.5 Å². The third-order valence-corrected chi connectivity index (χ3v) is 4.61. The first kappa shape index (κ1) is 22.8. The number of rotatable bonds is 6. The van der Waals surface area contributed by atoms with Crippen molar-refractivity contribution in [2.45, 2.75) is 32.8 Å². The number of amides is 1. The number of carbonyl (C=O) groups is 3. The fraction of sp³-hybridized carbons (Fsp3) is 0.304. The molecule has 0 spiro atoms. The molecule has 0 unspecified atom stereocenters. The van der Waals surface area contributed by atoms with Gasteiger partial charge in [-0.1, -0.05) is 12.1 Å². The molecular formula is C23H26N4O5. The number of anilines is 1. The van der Waals surface area contributed by atoms with E-state index in [1.54, 1.807) is 63.8 Å². The molecule has 0 fully saturated rings. The molecule has 3 aromatic rings. The van der Waals surface area contributed by atoms with Crippen LogP contribution < -0.4 is 5.32 Å². The zero-order valence-corrected chi connectivity index (χ0v) is 18.7. The molecule has 0 aliphatic rings. The van der Waals surface area contributed by atoms with E-state index in [1.165, 1.54) is 4.57 Å². The summed E-state index contributed by atoms with van der Waals surface area (Å²) in [6.07, 6.45) is 2.85. The molecule has 0 saturated heterocycles. The molecule has 32 heavy (non-hydrogen) atoms. The fourth-order valence-corrected chi connectivity index (χ4v) is 3.23. The molecule has 0 aliphatic heterocycles. The lowest BCUT2D eigenvalue weighted by Gasteiger charge is -2.19. The van der Waals surface area contributed by atoms with Crippen molar-refractivity contribution in [3.63, 3.8) is 0 Å². The number of aromatic nitrogens is 3. The highest BCUT2D eigenvalue weighted by molar-refractivity contribution is 5.97. The van der Waals surface area contributed by atoms with Gasteiger partial charge in [-0.2, -0.15) is 0 Å². The second-order valence-electron chi connectivity index (χ2n) is 8.50. The molecule has 0 atom stereocenters. The number of aromatic carboxylic acids is 1. The summed E-state index contributed by atoms with van der Waals surface area (Å²) in [7, 11) is 3.35. The number of nitrogens with one attached hydrogen (secondary N) is 1. The minimum atomic E-state index is -1.14. The summed E-state index contributed by atoms with van der Waals surface area (Å²) in [6, 6.07) is 8.98. The number of hydrogen-bond donors (Lipinski definition) is 2. The number of nitrogens with zero attached hydrogens (tertiary/aromatic N) is 3. The number of carbonyl (C=O) groups excluding carboxylic acids is 2. The van der Waals surface area contributed by atoms with E-state index >= 15 is 0 Å². The molecular weight excluding hydrogens is 412 g/mol. The molecule has 2 heterocycles. The van der Waals surface area contributed by atoms with Gasteiger partial charge in [0.05, 0.1) is 17.8 Å². The molecule has 1 amide bonds. The highest BCUT2D eigenvalue weighted by Crippen LogP contribution is 2.24. The number of benzene rings is 1. The Morgan fingerprint density at radius 2 is 1.69 bits per heavy atom. The van der Waals surface area contributed by atoms with Gasteiger partial charge in [0.1, 0.15) is 5.60 Å². The number of Topliss-reactive ketones (excluding diaryl/α,β-unsaturated/α-hetero) is 1. The molecule has 9 heteroatoms. The lowest BCUT2D eigenvalue weighted by atomic mass is 10.1. The second kappa shape index (κ2) is 8.70. The zero-order valence-electron chi connectivity index (χ0n) is 18.7. The summed E-state index contributed by atoms with van der Waals surface area (Å²) in [5.41, 5.74) is 2.61. The summed E-state index contributed by atoms with van der Waals surface area (Å²) < 4.78 is 8.35. The first-order valence-corrected chi connectivity index (χ1v) is 9.98. The number of ether oxygens (including phenoxy) is 1. The number of imidazole rings is 1. The van der Waals surface area contributed by atoms with E-state index in [4.69, 9.17) is 9.84 Å². The summed E-state index contributed by atoms with van der Waals surface area (Å²) in [5.74, 6) is -1.42. The standard InChI is InChI=1S/C23H26N4O5/c1-23(2,3)32-22(31)25-16-8-6-14(7-9-16)15-10-18(26(4)12-15)19(28)11-17-13-27(5)20(24-17)21(29)30/h6-10,12-13H,11H2,1-5H3,(H,25,31)(H,29,30). The Morgan fingerprint density at radius 1 is 1.03 bits per heavy atom. The van der Waals surface area contributed by atoms with E-state index in [0.29, 0.717) is 17.1 Å². The van der Waals surface area contributed by atoms with Gasteiger partial charge in [-0.15, -0.1) is 0 Å². The largest absolute Gasteiger partial charge is 0.475 e. The predicted molar refractivity (Wildman–Crippen MR) is 119 cm³/mol. The minimum absolute atomic E-state index is 0.00282. The highest BCUT2D eigenvalue weighted by atomic mass is 16.6. The number of carboxylic acid groups (broad SMARTS) is 1. The van der Waals surface area contributed by atoms with E-state index in [0.717, 1.165) is 11.1 Å². The molecule has 0 radical (unpaired) electrons. The lowest BCUT2D eigenvalue weighted by molar-refractivity contribution is 0.0633. The zero-order chi connectivity index (χ0) is 23.6. The molecule has 0 aliphatic carbocycles. The Labute approximate surface area is 185 Å². The Morgan fingerprint density at radius 3 is 2.25 bits per heavy atom. The van der Waals surface area contributed by atoms with Gasteiger partial charge in [0.15, 0.2) is 5.78 Å². The van der Waals surface area contributed by atoms with E-state index in [2.05, 4.69) is 10.3 Å². The van der Waals surface area contributed by atoms with Crippen molar-refractivity contribution in [1.29, 1.82) is 0 Å². The van der Waals surface area contributed by atoms with Crippen molar-refractivity contribution in [3.8, 4) is 11.1 Å². The molecule has 2 N–H and O–H groups in total. The molecule has 0 saturated carbocycles. The van der Waals surface area contributed by atoms with Crippen molar-refractivity contribution >= 4 is 23.5 Å². The maximum absolute atomic E-state index is 12.8. The summed E-state index contributed by atoms with van der Waals surface area (Å²) in [4.78, 5) is 39.8. The van der Waals surface area contributed by atoms with Gasteiger partial charge < -0.3 is 19.0 Å². The molecule has 3 rings (SSSR count). The highest BCUT2D eigenvalue weighted by Gasteiger charge is 2.19. The van der Waals surface area contributed by atoms with Crippen molar-refractivity contribution in [2.24, 2.45) is 14.1 Å². The van der Waals surface area contributed by atoms with Crippen molar-refractivity contribution in [2.75, 3.05) is 5.32 Å². The van der Waals surface area contributed by atoms with Crippen molar-refractivity contribution in [3.05, 3.63) is 59.9 Å². The maximum Gasteiger partial charge on any atom is 0.412 e. The molecule has 0 bridgehead atoms. The molecule has 2 aromatic heterocycles. The van der Waals surface area contributed by atoms with E-state index in [9.17, 15) is 14.4 Å². The minimum Gasteiger partial charge on any atom is -0.475 e. The van der Waals surface area contributed by atoms with E-state index in [1.807, 2.05) is 18.3 Å². The van der Waals surface area contributed by atoms with Crippen LogP contribution in [-0.4, -0.2) is 42.7 Å². The second-order valence-corrected chi connectivity index (χ2v) is 8.50. The van der Waals surface area contributed by atoms with Crippen LogP contribution in [0.2, 0.25) is 0 Å². The topological polar surface area (TPSA) is 115 Å². The van der Waals surface area contributed by atoms with Crippen LogP contribution in [0.3, 0.4) is 0 Å². The Kier molecular flexibility index (Phi) is 6.20. The predicted octanol–water partition coefficient (Wildman–Crippen LogP) is 3.90. The monoisotopic (exact) mass is 438 g/mol. The summed E-state index contributed by atoms with van der Waals surface area (Å²) in [5, 5.41) is 11.8. The van der Waals surface area contributed by atoms with Crippen LogP contribution in [-0.2, 0) is 25.3 Å². The van der Waals surface area contributed by atoms with Crippen LogP contribution in [0.4, 0.5) is 10.5 Å². The average Bonchev–Trinajstić information content (AvgIpc) is 3.23. The van der Waals surface area contributed by atoms with Gasteiger partial charge in [0.2, 0.25) is 5.82 Å². The van der Waals surface area contributed by atoms with Crippen LogP contribution in [0.5, 0.6) is 0 Å².